The summed E-state index contributed by atoms with van der Waals surface area (Å²) < 4.78 is 31.4. The van der Waals surface area contributed by atoms with E-state index >= 15 is 0 Å². The van der Waals surface area contributed by atoms with Gasteiger partial charge < -0.3 is 19.9 Å². The van der Waals surface area contributed by atoms with Gasteiger partial charge >= 0.3 is 6.61 Å². The normalized spacial score (nSPS) is 11.6. The van der Waals surface area contributed by atoms with Crippen LogP contribution in [0.2, 0.25) is 0 Å². The molecule has 1 aromatic heterocycles. The number of nitrogens with one attached hydrogen (secondary N) is 2. The average Bonchev–Trinajstić information content (AvgIpc) is 3.10. The van der Waals surface area contributed by atoms with Crippen LogP contribution in [-0.2, 0) is 13.1 Å². The maximum atomic E-state index is 12.5. The Morgan fingerprint density at radius 1 is 1.32 bits per heavy atom. The van der Waals surface area contributed by atoms with E-state index in [2.05, 4.69) is 25.3 Å². The molecule has 136 valence electrons. The van der Waals surface area contributed by atoms with Crippen LogP contribution in [0, 0.1) is 0 Å². The number of alkyl halides is 2. The van der Waals surface area contributed by atoms with Crippen molar-refractivity contribution in [1.82, 2.24) is 20.2 Å². The number of guanidine groups is 1. The fraction of sp³-hybridized carbons (Fsp3) is 0.412. The van der Waals surface area contributed by atoms with E-state index in [4.69, 9.17) is 0 Å². The molecule has 0 aliphatic rings. The minimum absolute atomic E-state index is 0.150. The second-order valence-electron chi connectivity index (χ2n) is 5.26. The maximum Gasteiger partial charge on any atom is 0.387 e. The van der Waals surface area contributed by atoms with Gasteiger partial charge in [-0.25, -0.2) is 9.98 Å². The van der Waals surface area contributed by atoms with Gasteiger partial charge in [0.15, 0.2) is 5.96 Å². The Labute approximate surface area is 145 Å². The van der Waals surface area contributed by atoms with E-state index in [0.29, 0.717) is 18.1 Å². The average molecular weight is 351 g/mol. The van der Waals surface area contributed by atoms with E-state index < -0.39 is 6.61 Å². The van der Waals surface area contributed by atoms with Gasteiger partial charge in [0, 0.05) is 37.6 Å². The fourth-order valence-corrected chi connectivity index (χ4v) is 2.24. The Balaban J connectivity index is 1.88. The van der Waals surface area contributed by atoms with E-state index in [0.717, 1.165) is 19.5 Å². The van der Waals surface area contributed by atoms with Crippen LogP contribution in [0.25, 0.3) is 0 Å². The Kier molecular flexibility index (Phi) is 7.68. The van der Waals surface area contributed by atoms with E-state index in [1.54, 1.807) is 30.7 Å². The predicted molar refractivity (Wildman–Crippen MR) is 92.7 cm³/mol. The second kappa shape index (κ2) is 10.3. The van der Waals surface area contributed by atoms with E-state index in [9.17, 15) is 8.78 Å². The van der Waals surface area contributed by atoms with Crippen molar-refractivity contribution in [2.24, 2.45) is 4.99 Å². The lowest BCUT2D eigenvalue weighted by molar-refractivity contribution is -0.0504. The van der Waals surface area contributed by atoms with Crippen molar-refractivity contribution in [2.75, 3.05) is 13.1 Å². The van der Waals surface area contributed by atoms with Crippen LogP contribution < -0.4 is 15.4 Å². The second-order valence-corrected chi connectivity index (χ2v) is 5.26. The number of ether oxygens (including phenoxy) is 1. The molecule has 0 spiro atoms. The number of benzene rings is 1. The molecule has 25 heavy (non-hydrogen) atoms. The summed E-state index contributed by atoms with van der Waals surface area (Å²) >= 11 is 0. The van der Waals surface area contributed by atoms with Crippen molar-refractivity contribution in [3.05, 3.63) is 48.5 Å². The summed E-state index contributed by atoms with van der Waals surface area (Å²) in [6, 6.07) is 6.67. The minimum atomic E-state index is -2.85. The smallest absolute Gasteiger partial charge is 0.387 e. The molecule has 0 saturated carbocycles. The molecule has 8 heteroatoms. The highest BCUT2D eigenvalue weighted by Crippen LogP contribution is 2.20. The van der Waals surface area contributed by atoms with Crippen LogP contribution in [0.5, 0.6) is 5.75 Å². The van der Waals surface area contributed by atoms with Crippen molar-refractivity contribution in [1.29, 1.82) is 0 Å². The molecule has 0 fully saturated rings. The zero-order valence-corrected chi connectivity index (χ0v) is 14.2. The van der Waals surface area contributed by atoms with Crippen molar-refractivity contribution >= 4 is 5.96 Å². The zero-order chi connectivity index (χ0) is 17.9. The summed E-state index contributed by atoms with van der Waals surface area (Å²) in [5, 5.41) is 6.37. The molecule has 0 aliphatic carbocycles. The van der Waals surface area contributed by atoms with Gasteiger partial charge in [-0.1, -0.05) is 18.2 Å². The van der Waals surface area contributed by atoms with Crippen LogP contribution in [0.1, 0.15) is 18.9 Å². The van der Waals surface area contributed by atoms with E-state index in [1.165, 1.54) is 6.07 Å². The molecular formula is C17H23F2N5O. The number of rotatable bonds is 9. The first-order chi connectivity index (χ1) is 12.2. The van der Waals surface area contributed by atoms with Crippen molar-refractivity contribution in [3.8, 4) is 5.75 Å². The van der Waals surface area contributed by atoms with Gasteiger partial charge in [-0.3, -0.25) is 0 Å². The first kappa shape index (κ1) is 18.7. The molecule has 0 unspecified atom stereocenters. The highest BCUT2D eigenvalue weighted by molar-refractivity contribution is 5.79. The SMILES string of the molecule is CCNC(=NCc1ccccc1OC(F)F)NCCCn1ccnc1. The number of hydrogen-bond donors (Lipinski definition) is 2. The standard InChI is InChI=1S/C17H23F2N5O/c1-2-21-17(22-8-5-10-24-11-9-20-13-24)23-12-14-6-3-4-7-15(14)25-16(18)19/h3-4,6-7,9,11,13,16H,2,5,8,10,12H2,1H3,(H2,21,22,23). The molecule has 0 aliphatic heterocycles. The Hall–Kier alpha value is -2.64. The lowest BCUT2D eigenvalue weighted by Gasteiger charge is -2.13. The number of imidazole rings is 1. The number of hydrogen-bond acceptors (Lipinski definition) is 3. The van der Waals surface area contributed by atoms with Gasteiger partial charge in [0.05, 0.1) is 12.9 Å². The fourth-order valence-electron chi connectivity index (χ4n) is 2.24. The Bertz CT molecular complexity index is 646. The van der Waals surface area contributed by atoms with Gasteiger partial charge in [0.25, 0.3) is 0 Å². The van der Waals surface area contributed by atoms with Crippen LogP contribution in [0.15, 0.2) is 48.0 Å². The summed E-state index contributed by atoms with van der Waals surface area (Å²) in [6.45, 7) is 1.68. The van der Waals surface area contributed by atoms with Gasteiger partial charge in [-0.2, -0.15) is 8.78 Å². The van der Waals surface area contributed by atoms with E-state index in [1.807, 2.05) is 17.7 Å². The third-order valence-corrected chi connectivity index (χ3v) is 3.39. The number of halogens is 2. The molecule has 0 amide bonds. The van der Waals surface area contributed by atoms with Crippen LogP contribution in [-0.4, -0.2) is 35.2 Å². The summed E-state index contributed by atoms with van der Waals surface area (Å²) in [7, 11) is 0. The number of para-hydroxylation sites is 1. The monoisotopic (exact) mass is 351 g/mol. The van der Waals surface area contributed by atoms with E-state index in [-0.39, 0.29) is 12.3 Å². The predicted octanol–water partition coefficient (Wildman–Crippen LogP) is 2.63. The summed E-state index contributed by atoms with van der Waals surface area (Å²) in [5.74, 6) is 0.789. The third-order valence-electron chi connectivity index (χ3n) is 3.39. The molecular weight excluding hydrogens is 328 g/mol. The molecule has 2 N–H and O–H groups in total. The Morgan fingerprint density at radius 3 is 2.88 bits per heavy atom. The molecule has 6 nitrogen and oxygen atoms in total. The van der Waals surface area contributed by atoms with Crippen LogP contribution >= 0.6 is 0 Å². The topological polar surface area (TPSA) is 63.5 Å². The molecule has 1 heterocycles. The zero-order valence-electron chi connectivity index (χ0n) is 14.2. The molecule has 1 aromatic carbocycles. The number of nitrogens with zero attached hydrogens (tertiary/aromatic N) is 3. The molecule has 0 radical (unpaired) electrons. The first-order valence-corrected chi connectivity index (χ1v) is 8.19. The summed E-state index contributed by atoms with van der Waals surface area (Å²) in [6.07, 6.45) is 6.35. The number of aromatic nitrogens is 2. The molecule has 0 bridgehead atoms. The molecule has 2 aromatic rings. The minimum Gasteiger partial charge on any atom is -0.434 e. The maximum absolute atomic E-state index is 12.5. The number of aliphatic imine (C=N–C) groups is 1. The van der Waals surface area contributed by atoms with Crippen LogP contribution in [0.4, 0.5) is 8.78 Å². The van der Waals surface area contributed by atoms with Crippen molar-refractivity contribution in [2.45, 2.75) is 33.0 Å². The lowest BCUT2D eigenvalue weighted by Crippen LogP contribution is -2.38. The van der Waals surface area contributed by atoms with Crippen molar-refractivity contribution < 1.29 is 13.5 Å². The quantitative estimate of drug-likeness (QED) is 0.414. The van der Waals surface area contributed by atoms with Gasteiger partial charge in [0.1, 0.15) is 5.75 Å². The van der Waals surface area contributed by atoms with Gasteiger partial charge in [0.2, 0.25) is 0 Å². The van der Waals surface area contributed by atoms with Gasteiger partial charge in [-0.05, 0) is 19.4 Å². The first-order valence-electron chi connectivity index (χ1n) is 8.19. The summed E-state index contributed by atoms with van der Waals surface area (Å²) in [5.41, 5.74) is 0.610. The molecule has 0 saturated heterocycles. The highest BCUT2D eigenvalue weighted by Gasteiger charge is 2.08. The Morgan fingerprint density at radius 2 is 2.16 bits per heavy atom. The molecule has 2 rings (SSSR count). The van der Waals surface area contributed by atoms with Gasteiger partial charge in [-0.15, -0.1) is 0 Å². The highest BCUT2D eigenvalue weighted by atomic mass is 19.3. The lowest BCUT2D eigenvalue weighted by atomic mass is 10.2. The van der Waals surface area contributed by atoms with Crippen LogP contribution in [0.3, 0.4) is 0 Å². The van der Waals surface area contributed by atoms with Crippen molar-refractivity contribution in [3.63, 3.8) is 0 Å². The summed E-state index contributed by atoms with van der Waals surface area (Å²) in [4.78, 5) is 8.43. The largest absolute Gasteiger partial charge is 0.434 e. The third kappa shape index (κ3) is 6.78. The molecule has 0 atom stereocenters. The number of aryl methyl sites for hydroxylation is 1.